The lowest BCUT2D eigenvalue weighted by atomic mass is 10.1. The van der Waals surface area contributed by atoms with Gasteiger partial charge >= 0.3 is 0 Å². The van der Waals surface area contributed by atoms with Crippen molar-refractivity contribution < 1.29 is 4.74 Å². The van der Waals surface area contributed by atoms with Gasteiger partial charge in [-0.2, -0.15) is 9.61 Å². The van der Waals surface area contributed by atoms with Crippen molar-refractivity contribution in [1.82, 2.24) is 34.6 Å². The Morgan fingerprint density at radius 1 is 1.11 bits per heavy atom. The lowest BCUT2D eigenvalue weighted by Gasteiger charge is -2.11. The Morgan fingerprint density at radius 3 is 2.70 bits per heavy atom. The van der Waals surface area contributed by atoms with E-state index in [4.69, 9.17) is 9.84 Å². The molecular formula is C19H21N7O. The van der Waals surface area contributed by atoms with Crippen LogP contribution in [-0.2, 0) is 20.1 Å². The van der Waals surface area contributed by atoms with E-state index in [0.29, 0.717) is 24.0 Å². The first-order valence-electron chi connectivity index (χ1n) is 9.02. The summed E-state index contributed by atoms with van der Waals surface area (Å²) in [5.74, 6) is 2.01. The SMILES string of the molecule is CCCCc1cc2nnc(-c3ccccc3)n2nc1OCc1ncnn1C. The van der Waals surface area contributed by atoms with E-state index in [9.17, 15) is 0 Å². The summed E-state index contributed by atoms with van der Waals surface area (Å²) in [6.45, 7) is 2.47. The predicted octanol–water partition coefficient (Wildman–Crippen LogP) is 2.84. The van der Waals surface area contributed by atoms with E-state index in [1.807, 2.05) is 43.4 Å². The van der Waals surface area contributed by atoms with Crippen LogP contribution in [0.3, 0.4) is 0 Å². The van der Waals surface area contributed by atoms with E-state index in [2.05, 4.69) is 27.2 Å². The smallest absolute Gasteiger partial charge is 0.235 e. The van der Waals surface area contributed by atoms with Crippen molar-refractivity contribution in [2.45, 2.75) is 32.8 Å². The molecule has 1 aromatic carbocycles. The molecule has 0 amide bonds. The topological polar surface area (TPSA) is 83.0 Å². The Bertz CT molecular complexity index is 1040. The number of fused-ring (bicyclic) bond motifs is 1. The summed E-state index contributed by atoms with van der Waals surface area (Å²) in [6, 6.07) is 11.9. The number of ether oxygens (including phenoxy) is 1. The minimum atomic E-state index is 0.303. The molecule has 0 atom stereocenters. The molecule has 0 fully saturated rings. The Kier molecular flexibility index (Phi) is 4.78. The van der Waals surface area contributed by atoms with Crippen molar-refractivity contribution in [2.75, 3.05) is 0 Å². The highest BCUT2D eigenvalue weighted by Gasteiger charge is 2.15. The Hall–Kier alpha value is -3.29. The minimum absolute atomic E-state index is 0.303. The molecule has 0 unspecified atom stereocenters. The van der Waals surface area contributed by atoms with Crippen LogP contribution in [0.2, 0.25) is 0 Å². The average molecular weight is 363 g/mol. The predicted molar refractivity (Wildman–Crippen MR) is 100 cm³/mol. The quantitative estimate of drug-likeness (QED) is 0.502. The van der Waals surface area contributed by atoms with Crippen LogP contribution in [0.25, 0.3) is 17.0 Å². The molecule has 0 bridgehead atoms. The molecule has 8 nitrogen and oxygen atoms in total. The fraction of sp³-hybridized carbons (Fsp3) is 0.316. The molecule has 0 radical (unpaired) electrons. The summed E-state index contributed by atoms with van der Waals surface area (Å²) in [5.41, 5.74) is 2.70. The molecule has 4 aromatic rings. The van der Waals surface area contributed by atoms with Crippen LogP contribution in [-0.4, -0.2) is 34.6 Å². The van der Waals surface area contributed by atoms with Gasteiger partial charge in [0.2, 0.25) is 5.88 Å². The molecule has 3 aromatic heterocycles. The zero-order valence-corrected chi connectivity index (χ0v) is 15.4. The van der Waals surface area contributed by atoms with Gasteiger partial charge in [-0.15, -0.1) is 15.3 Å². The summed E-state index contributed by atoms with van der Waals surface area (Å²) >= 11 is 0. The third kappa shape index (κ3) is 3.51. The summed E-state index contributed by atoms with van der Waals surface area (Å²) < 4.78 is 9.44. The van der Waals surface area contributed by atoms with Crippen LogP contribution in [0.5, 0.6) is 5.88 Å². The Labute approximate surface area is 156 Å². The first-order chi connectivity index (χ1) is 13.3. The largest absolute Gasteiger partial charge is 0.468 e. The van der Waals surface area contributed by atoms with Crippen molar-refractivity contribution in [2.24, 2.45) is 7.05 Å². The van der Waals surface area contributed by atoms with Gasteiger partial charge in [0.05, 0.1) is 0 Å². The molecule has 3 heterocycles. The van der Waals surface area contributed by atoms with Crippen LogP contribution >= 0.6 is 0 Å². The molecule has 4 rings (SSSR count). The minimum Gasteiger partial charge on any atom is -0.468 e. The van der Waals surface area contributed by atoms with Crippen LogP contribution in [0.4, 0.5) is 0 Å². The van der Waals surface area contributed by atoms with Gasteiger partial charge in [0, 0.05) is 18.2 Å². The number of hydrogen-bond donors (Lipinski definition) is 0. The first-order valence-corrected chi connectivity index (χ1v) is 9.02. The van der Waals surface area contributed by atoms with E-state index < -0.39 is 0 Å². The van der Waals surface area contributed by atoms with Gasteiger partial charge in [0.15, 0.2) is 17.3 Å². The lowest BCUT2D eigenvalue weighted by molar-refractivity contribution is 0.271. The van der Waals surface area contributed by atoms with E-state index in [-0.39, 0.29) is 0 Å². The van der Waals surface area contributed by atoms with Crippen molar-refractivity contribution in [3.05, 3.63) is 54.1 Å². The Morgan fingerprint density at radius 2 is 1.96 bits per heavy atom. The van der Waals surface area contributed by atoms with Crippen LogP contribution in [0.15, 0.2) is 42.7 Å². The van der Waals surface area contributed by atoms with Crippen LogP contribution < -0.4 is 4.74 Å². The number of aromatic nitrogens is 7. The molecule has 0 N–H and O–H groups in total. The van der Waals surface area contributed by atoms with Crippen molar-refractivity contribution in [1.29, 1.82) is 0 Å². The van der Waals surface area contributed by atoms with Gasteiger partial charge in [0.25, 0.3) is 0 Å². The molecule has 0 aliphatic rings. The Balaban J connectivity index is 1.72. The van der Waals surface area contributed by atoms with Gasteiger partial charge in [-0.25, -0.2) is 4.98 Å². The fourth-order valence-electron chi connectivity index (χ4n) is 2.87. The molecule has 0 saturated carbocycles. The zero-order chi connectivity index (χ0) is 18.6. The third-order valence-electron chi connectivity index (χ3n) is 4.41. The van der Waals surface area contributed by atoms with Crippen molar-refractivity contribution in [3.8, 4) is 17.3 Å². The van der Waals surface area contributed by atoms with Crippen molar-refractivity contribution in [3.63, 3.8) is 0 Å². The lowest BCUT2D eigenvalue weighted by Crippen LogP contribution is -2.09. The third-order valence-corrected chi connectivity index (χ3v) is 4.41. The number of aryl methyl sites for hydroxylation is 2. The monoisotopic (exact) mass is 363 g/mol. The van der Waals surface area contributed by atoms with E-state index in [1.165, 1.54) is 6.33 Å². The second-order valence-electron chi connectivity index (χ2n) is 6.33. The second-order valence-corrected chi connectivity index (χ2v) is 6.33. The maximum atomic E-state index is 6.02. The highest BCUT2D eigenvalue weighted by Crippen LogP contribution is 2.24. The number of unbranched alkanes of at least 4 members (excludes halogenated alkanes) is 1. The molecule has 8 heteroatoms. The fourth-order valence-corrected chi connectivity index (χ4v) is 2.87. The van der Waals surface area contributed by atoms with Gasteiger partial charge in [-0.05, 0) is 18.9 Å². The van der Waals surface area contributed by atoms with E-state index in [0.717, 1.165) is 36.2 Å². The van der Waals surface area contributed by atoms with Gasteiger partial charge in [0.1, 0.15) is 12.9 Å². The zero-order valence-electron chi connectivity index (χ0n) is 15.4. The standard InChI is InChI=1S/C19H21N7O/c1-3-4-8-15-11-16-22-23-18(14-9-6-5-7-10-14)26(16)24-19(15)27-12-17-20-13-21-25(17)2/h5-7,9-11,13H,3-4,8,12H2,1-2H3. The summed E-state index contributed by atoms with van der Waals surface area (Å²) in [6.07, 6.45) is 4.54. The normalized spacial score (nSPS) is 11.2. The van der Waals surface area contributed by atoms with Gasteiger partial charge in [-0.1, -0.05) is 43.7 Å². The molecule has 0 spiro atoms. The maximum Gasteiger partial charge on any atom is 0.235 e. The molecule has 27 heavy (non-hydrogen) atoms. The second kappa shape index (κ2) is 7.53. The van der Waals surface area contributed by atoms with Gasteiger partial charge in [-0.3, -0.25) is 4.68 Å². The van der Waals surface area contributed by atoms with E-state index in [1.54, 1.807) is 9.20 Å². The van der Waals surface area contributed by atoms with Crippen LogP contribution in [0, 0.1) is 0 Å². The number of hydrogen-bond acceptors (Lipinski definition) is 6. The molecular weight excluding hydrogens is 342 g/mol. The highest BCUT2D eigenvalue weighted by molar-refractivity contribution is 5.59. The molecule has 138 valence electrons. The molecule has 0 aliphatic carbocycles. The van der Waals surface area contributed by atoms with Gasteiger partial charge < -0.3 is 4.74 Å². The number of rotatable bonds is 7. The highest BCUT2D eigenvalue weighted by atomic mass is 16.5. The number of nitrogens with zero attached hydrogens (tertiary/aromatic N) is 7. The van der Waals surface area contributed by atoms with Crippen molar-refractivity contribution >= 4 is 5.65 Å². The number of benzene rings is 1. The summed E-state index contributed by atoms with van der Waals surface area (Å²) in [5, 5.41) is 17.4. The maximum absolute atomic E-state index is 6.02. The molecule has 0 saturated heterocycles. The van der Waals surface area contributed by atoms with E-state index >= 15 is 0 Å². The van der Waals surface area contributed by atoms with Crippen LogP contribution in [0.1, 0.15) is 31.2 Å². The summed E-state index contributed by atoms with van der Waals surface area (Å²) in [4.78, 5) is 4.21. The first kappa shape index (κ1) is 17.1. The summed E-state index contributed by atoms with van der Waals surface area (Å²) in [7, 11) is 1.84. The average Bonchev–Trinajstić information content (AvgIpc) is 3.30. The molecule has 0 aliphatic heterocycles.